The molecule has 2 aromatic carbocycles. The third kappa shape index (κ3) is 3.55. The zero-order valence-corrected chi connectivity index (χ0v) is 16.0. The summed E-state index contributed by atoms with van der Waals surface area (Å²) in [6, 6.07) is 13.5. The number of fused-ring (bicyclic) bond motifs is 1. The first-order chi connectivity index (χ1) is 13.2. The quantitative estimate of drug-likeness (QED) is 0.859. The van der Waals surface area contributed by atoms with Crippen molar-refractivity contribution in [1.29, 1.82) is 0 Å². The second kappa shape index (κ2) is 7.34. The predicted molar refractivity (Wildman–Crippen MR) is 105 cm³/mol. The van der Waals surface area contributed by atoms with Gasteiger partial charge in [0.1, 0.15) is 12.3 Å². The Hall–Kier alpha value is -3.35. The molecule has 1 aliphatic rings. The Morgan fingerprint density at radius 3 is 2.43 bits per heavy atom. The lowest BCUT2D eigenvalue weighted by molar-refractivity contribution is -0.134. The van der Waals surface area contributed by atoms with Crippen LogP contribution in [0, 0.1) is 0 Å². The van der Waals surface area contributed by atoms with Crippen LogP contribution in [0.3, 0.4) is 0 Å². The van der Waals surface area contributed by atoms with E-state index in [0.29, 0.717) is 12.3 Å². The van der Waals surface area contributed by atoms with Crippen LogP contribution in [0.2, 0.25) is 0 Å². The lowest BCUT2D eigenvalue weighted by Gasteiger charge is -2.39. The van der Waals surface area contributed by atoms with Crippen LogP contribution in [0.25, 0.3) is 0 Å². The zero-order valence-electron chi connectivity index (χ0n) is 16.0. The van der Waals surface area contributed by atoms with Gasteiger partial charge in [0.15, 0.2) is 5.60 Å². The number of carbonyl (C=O) groups is 3. The van der Waals surface area contributed by atoms with Crippen molar-refractivity contribution in [3.8, 4) is 5.75 Å². The zero-order chi connectivity index (χ0) is 20.5. The number of likely N-dealkylation sites (N-methyl/N-ethyl adjacent to an activating group) is 1. The maximum Gasteiger partial charge on any atom is 0.335 e. The Balaban J connectivity index is 1.98. The first kappa shape index (κ1) is 19.4. The van der Waals surface area contributed by atoms with E-state index < -0.39 is 17.5 Å². The number of carboxylic acid groups (broad SMARTS) is 1. The van der Waals surface area contributed by atoms with E-state index in [1.54, 1.807) is 18.7 Å². The topological polar surface area (TPSA) is 87.2 Å². The minimum absolute atomic E-state index is 0.0164. The van der Waals surface area contributed by atoms with Crippen LogP contribution >= 0.6 is 0 Å². The van der Waals surface area contributed by atoms with Gasteiger partial charge in [-0.15, -0.1) is 0 Å². The molecular weight excluding hydrogens is 360 g/mol. The van der Waals surface area contributed by atoms with Gasteiger partial charge in [0.05, 0.1) is 11.3 Å². The Labute approximate surface area is 163 Å². The highest BCUT2D eigenvalue weighted by Gasteiger charge is 2.42. The van der Waals surface area contributed by atoms with Crippen LogP contribution in [0.5, 0.6) is 5.75 Å². The number of carboxylic acids is 1. The molecule has 0 aliphatic carbocycles. The van der Waals surface area contributed by atoms with Crippen molar-refractivity contribution in [2.75, 3.05) is 22.9 Å². The van der Waals surface area contributed by atoms with Gasteiger partial charge in [0.2, 0.25) is 5.91 Å². The molecule has 0 fully saturated rings. The van der Waals surface area contributed by atoms with Crippen LogP contribution in [-0.4, -0.2) is 41.6 Å². The molecule has 2 aromatic rings. The molecule has 0 radical (unpaired) electrons. The van der Waals surface area contributed by atoms with Gasteiger partial charge in [-0.1, -0.05) is 18.2 Å². The molecule has 0 spiro atoms. The second-order valence-corrected chi connectivity index (χ2v) is 6.96. The third-order valence-corrected chi connectivity index (χ3v) is 4.60. The minimum atomic E-state index is -1.16. The van der Waals surface area contributed by atoms with Gasteiger partial charge in [-0.05, 0) is 51.1 Å². The van der Waals surface area contributed by atoms with E-state index in [9.17, 15) is 19.5 Å². The Bertz CT molecular complexity index is 924. The number of hydrogen-bond donors (Lipinski definition) is 1. The number of anilines is 2. The average molecular weight is 382 g/mol. The molecule has 0 unspecified atom stereocenters. The third-order valence-electron chi connectivity index (χ3n) is 4.60. The normalized spacial score (nSPS) is 14.8. The van der Waals surface area contributed by atoms with Gasteiger partial charge in [0.25, 0.3) is 5.91 Å². The molecule has 146 valence electrons. The number of para-hydroxylation sites is 1. The van der Waals surface area contributed by atoms with E-state index in [-0.39, 0.29) is 23.7 Å². The summed E-state index contributed by atoms with van der Waals surface area (Å²) >= 11 is 0. The number of rotatable bonds is 5. The number of benzene rings is 2. The monoisotopic (exact) mass is 382 g/mol. The minimum Gasteiger partial charge on any atom is -0.478 e. The van der Waals surface area contributed by atoms with Gasteiger partial charge < -0.3 is 14.7 Å². The number of aromatic carboxylic acids is 1. The second-order valence-electron chi connectivity index (χ2n) is 6.96. The van der Waals surface area contributed by atoms with E-state index in [0.717, 1.165) is 5.69 Å². The Morgan fingerprint density at radius 1 is 1.14 bits per heavy atom. The summed E-state index contributed by atoms with van der Waals surface area (Å²) in [5.74, 6) is -1.43. The fraction of sp³-hybridized carbons (Fsp3) is 0.286. The van der Waals surface area contributed by atoms with Crippen LogP contribution in [0.15, 0.2) is 48.5 Å². The van der Waals surface area contributed by atoms with Crippen LogP contribution in [0.4, 0.5) is 11.4 Å². The van der Waals surface area contributed by atoms with E-state index >= 15 is 0 Å². The summed E-state index contributed by atoms with van der Waals surface area (Å²) in [5.41, 5.74) is -0.138. The van der Waals surface area contributed by atoms with Gasteiger partial charge >= 0.3 is 5.97 Å². The van der Waals surface area contributed by atoms with Gasteiger partial charge in [-0.2, -0.15) is 0 Å². The SMILES string of the molecule is CCN(C(=O)CN1C(=O)C(C)(C)Oc2ccc(C(=O)O)cc21)c1ccccc1. The fourth-order valence-corrected chi connectivity index (χ4v) is 3.19. The number of ether oxygens (including phenoxy) is 1. The first-order valence-electron chi connectivity index (χ1n) is 8.98. The summed E-state index contributed by atoms with van der Waals surface area (Å²) in [4.78, 5) is 40.2. The van der Waals surface area contributed by atoms with E-state index in [1.165, 1.54) is 23.1 Å². The van der Waals surface area contributed by atoms with Gasteiger partial charge in [0, 0.05) is 12.2 Å². The van der Waals surface area contributed by atoms with Crippen LogP contribution < -0.4 is 14.5 Å². The maximum atomic E-state index is 13.0. The highest BCUT2D eigenvalue weighted by molar-refractivity contribution is 6.09. The summed E-state index contributed by atoms with van der Waals surface area (Å²) in [6.07, 6.45) is 0. The number of amides is 2. The number of nitrogens with zero attached hydrogens (tertiary/aromatic N) is 2. The van der Waals surface area contributed by atoms with Crippen molar-refractivity contribution in [2.24, 2.45) is 0 Å². The molecule has 0 bridgehead atoms. The Kier molecular flexibility index (Phi) is 5.09. The molecule has 0 aromatic heterocycles. The average Bonchev–Trinajstić information content (AvgIpc) is 2.66. The molecule has 1 heterocycles. The predicted octanol–water partition coefficient (Wildman–Crippen LogP) is 2.94. The van der Waals surface area contributed by atoms with Gasteiger partial charge in [-0.25, -0.2) is 4.79 Å². The first-order valence-corrected chi connectivity index (χ1v) is 8.98. The molecule has 0 atom stereocenters. The number of carbonyl (C=O) groups excluding carboxylic acids is 2. The molecule has 7 heteroatoms. The fourth-order valence-electron chi connectivity index (χ4n) is 3.19. The van der Waals surface area contributed by atoms with Crippen molar-refractivity contribution in [2.45, 2.75) is 26.4 Å². The molecular formula is C21H22N2O5. The van der Waals surface area contributed by atoms with Crippen LogP contribution in [0.1, 0.15) is 31.1 Å². The summed E-state index contributed by atoms with van der Waals surface area (Å²) in [7, 11) is 0. The standard InChI is InChI=1S/C21H22N2O5/c1-4-22(15-8-6-5-7-9-15)18(24)13-23-16-12-14(19(25)26)10-11-17(16)28-21(2,3)20(23)27/h5-12H,4,13H2,1-3H3,(H,25,26). The van der Waals surface area contributed by atoms with Crippen molar-refractivity contribution in [3.63, 3.8) is 0 Å². The highest BCUT2D eigenvalue weighted by Crippen LogP contribution is 2.38. The molecule has 0 saturated carbocycles. The van der Waals surface area contributed by atoms with Crippen molar-refractivity contribution in [1.82, 2.24) is 0 Å². The molecule has 1 N–H and O–H groups in total. The molecule has 0 saturated heterocycles. The molecule has 7 nitrogen and oxygen atoms in total. The maximum absolute atomic E-state index is 13.0. The summed E-state index contributed by atoms with van der Waals surface area (Å²) in [6.45, 7) is 5.31. The lowest BCUT2D eigenvalue weighted by Crippen LogP contribution is -2.55. The molecule has 3 rings (SSSR count). The van der Waals surface area contributed by atoms with Gasteiger partial charge in [-0.3, -0.25) is 14.5 Å². The smallest absolute Gasteiger partial charge is 0.335 e. The molecule has 1 aliphatic heterocycles. The van der Waals surface area contributed by atoms with E-state index in [2.05, 4.69) is 0 Å². The summed E-state index contributed by atoms with van der Waals surface area (Å²) in [5, 5.41) is 9.28. The van der Waals surface area contributed by atoms with Crippen molar-refractivity contribution in [3.05, 3.63) is 54.1 Å². The summed E-state index contributed by atoms with van der Waals surface area (Å²) < 4.78 is 5.74. The van der Waals surface area contributed by atoms with Crippen molar-refractivity contribution >= 4 is 29.2 Å². The largest absolute Gasteiger partial charge is 0.478 e. The van der Waals surface area contributed by atoms with E-state index in [1.807, 2.05) is 37.3 Å². The Morgan fingerprint density at radius 2 is 1.82 bits per heavy atom. The van der Waals surface area contributed by atoms with Crippen LogP contribution in [-0.2, 0) is 9.59 Å². The highest BCUT2D eigenvalue weighted by atomic mass is 16.5. The number of hydrogen-bond acceptors (Lipinski definition) is 4. The van der Waals surface area contributed by atoms with Crippen molar-refractivity contribution < 1.29 is 24.2 Å². The lowest BCUT2D eigenvalue weighted by atomic mass is 10.0. The van der Waals surface area contributed by atoms with E-state index in [4.69, 9.17) is 4.74 Å². The molecule has 28 heavy (non-hydrogen) atoms. The molecule has 2 amide bonds.